The van der Waals surface area contributed by atoms with Crippen molar-refractivity contribution in [3.63, 3.8) is 0 Å². The first-order valence-corrected chi connectivity index (χ1v) is 10.0. The van der Waals surface area contributed by atoms with E-state index in [2.05, 4.69) is 26.1 Å². The van der Waals surface area contributed by atoms with Crippen LogP contribution in [-0.2, 0) is 14.6 Å². The molecule has 1 aliphatic rings. The first kappa shape index (κ1) is 18.4. The van der Waals surface area contributed by atoms with Crippen molar-refractivity contribution < 1.29 is 13.2 Å². The monoisotopic (exact) mass is 318 g/mol. The van der Waals surface area contributed by atoms with Gasteiger partial charge in [-0.3, -0.25) is 10.1 Å². The van der Waals surface area contributed by atoms with Crippen molar-refractivity contribution in [2.24, 2.45) is 5.92 Å². The summed E-state index contributed by atoms with van der Waals surface area (Å²) in [5, 5.41) is 3.43. The lowest BCUT2D eigenvalue weighted by atomic mass is 10.1. The molecule has 124 valence electrons. The van der Waals surface area contributed by atoms with Crippen molar-refractivity contribution in [1.29, 1.82) is 0 Å². The highest BCUT2D eigenvalue weighted by Crippen LogP contribution is 2.20. The fourth-order valence-corrected chi connectivity index (χ4v) is 3.42. The number of carbonyl (C=O) groups is 1. The van der Waals surface area contributed by atoms with Crippen LogP contribution in [0.25, 0.3) is 0 Å². The van der Waals surface area contributed by atoms with Crippen LogP contribution in [0.1, 0.15) is 52.9 Å². The molecule has 0 aromatic heterocycles. The predicted molar refractivity (Wildman–Crippen MR) is 85.7 cm³/mol. The van der Waals surface area contributed by atoms with Crippen molar-refractivity contribution in [3.05, 3.63) is 0 Å². The number of rotatable bonds is 9. The lowest BCUT2D eigenvalue weighted by molar-refractivity contribution is -0.130. The molecule has 1 heterocycles. The molecule has 2 unspecified atom stereocenters. The minimum absolute atomic E-state index is 0.0546. The molecule has 1 aliphatic heterocycles. The molecule has 1 saturated heterocycles. The summed E-state index contributed by atoms with van der Waals surface area (Å²) in [6.07, 6.45) is 5.70. The van der Waals surface area contributed by atoms with E-state index in [1.807, 2.05) is 4.90 Å². The van der Waals surface area contributed by atoms with E-state index in [0.717, 1.165) is 25.7 Å². The van der Waals surface area contributed by atoms with Gasteiger partial charge in [0.2, 0.25) is 5.91 Å². The number of unbranched alkanes of at least 4 members (excludes halogenated alkanes) is 1. The summed E-state index contributed by atoms with van der Waals surface area (Å²) < 4.78 is 22.5. The zero-order valence-corrected chi connectivity index (χ0v) is 14.6. The van der Waals surface area contributed by atoms with Crippen LogP contribution in [0.4, 0.5) is 0 Å². The van der Waals surface area contributed by atoms with Crippen LogP contribution in [0.3, 0.4) is 0 Å². The summed E-state index contributed by atoms with van der Waals surface area (Å²) >= 11 is 0. The van der Waals surface area contributed by atoms with Gasteiger partial charge in [0.05, 0.1) is 18.0 Å². The number of nitrogens with one attached hydrogen (secondary N) is 1. The molecular formula is C15H30N2O3S. The lowest BCUT2D eigenvalue weighted by Gasteiger charge is -2.25. The molecule has 1 rings (SSSR count). The Bertz CT molecular complexity index is 434. The Morgan fingerprint density at radius 1 is 1.29 bits per heavy atom. The van der Waals surface area contributed by atoms with E-state index in [1.54, 1.807) is 0 Å². The normalized spacial score (nSPS) is 23.3. The minimum Gasteiger partial charge on any atom is -0.326 e. The molecule has 0 aromatic rings. The van der Waals surface area contributed by atoms with E-state index in [1.165, 1.54) is 6.26 Å². The summed E-state index contributed by atoms with van der Waals surface area (Å²) in [5.41, 5.74) is 0. The second-order valence-corrected chi connectivity index (χ2v) is 8.78. The van der Waals surface area contributed by atoms with Crippen LogP contribution in [0.2, 0.25) is 0 Å². The Labute approximate surface area is 129 Å². The van der Waals surface area contributed by atoms with Gasteiger partial charge in [-0.1, -0.05) is 33.6 Å². The van der Waals surface area contributed by atoms with Crippen molar-refractivity contribution in [3.8, 4) is 0 Å². The first-order valence-electron chi connectivity index (χ1n) is 7.98. The molecule has 21 heavy (non-hydrogen) atoms. The zero-order chi connectivity index (χ0) is 16.0. The number of hydrogen-bond acceptors (Lipinski definition) is 4. The highest BCUT2D eigenvalue weighted by molar-refractivity contribution is 7.90. The molecule has 0 bridgehead atoms. The first-order chi connectivity index (χ1) is 9.74. The average Bonchev–Trinajstić information content (AvgIpc) is 2.62. The van der Waals surface area contributed by atoms with E-state index in [0.29, 0.717) is 18.9 Å². The van der Waals surface area contributed by atoms with E-state index in [-0.39, 0.29) is 23.9 Å². The van der Waals surface area contributed by atoms with E-state index >= 15 is 0 Å². The van der Waals surface area contributed by atoms with Gasteiger partial charge in [-0.2, -0.15) is 0 Å². The minimum atomic E-state index is -2.96. The summed E-state index contributed by atoms with van der Waals surface area (Å²) in [4.78, 5) is 14.3. The van der Waals surface area contributed by atoms with Crippen LogP contribution in [0.15, 0.2) is 0 Å². The Morgan fingerprint density at radius 2 is 1.95 bits per heavy atom. The third-order valence-corrected chi connectivity index (χ3v) is 4.84. The Balaban J connectivity index is 2.63. The molecular weight excluding hydrogens is 288 g/mol. The fraction of sp³-hybridized carbons (Fsp3) is 0.933. The Morgan fingerprint density at radius 3 is 2.48 bits per heavy atom. The largest absolute Gasteiger partial charge is 0.326 e. The Hall–Kier alpha value is -0.620. The highest BCUT2D eigenvalue weighted by atomic mass is 32.2. The van der Waals surface area contributed by atoms with Crippen LogP contribution in [0.5, 0.6) is 0 Å². The number of nitrogens with zero attached hydrogens (tertiary/aromatic N) is 1. The molecule has 0 radical (unpaired) electrons. The molecule has 1 amide bonds. The number of carbonyl (C=O) groups excluding carboxylic acids is 1. The molecule has 2 atom stereocenters. The lowest BCUT2D eigenvalue weighted by Crippen LogP contribution is -2.39. The van der Waals surface area contributed by atoms with E-state index < -0.39 is 9.84 Å². The number of hydrogen-bond donors (Lipinski definition) is 1. The summed E-state index contributed by atoms with van der Waals surface area (Å²) in [5.74, 6) is 0.783. The quantitative estimate of drug-likeness (QED) is 0.704. The van der Waals surface area contributed by atoms with Gasteiger partial charge in [-0.15, -0.1) is 0 Å². The van der Waals surface area contributed by atoms with Crippen molar-refractivity contribution in [2.75, 3.05) is 18.6 Å². The second-order valence-electron chi connectivity index (χ2n) is 6.52. The van der Waals surface area contributed by atoms with Gasteiger partial charge in [0, 0.05) is 12.8 Å². The maximum Gasteiger partial charge on any atom is 0.241 e. The zero-order valence-electron chi connectivity index (χ0n) is 13.8. The SMILES string of the molecule is CCCCC1NC(CC(C)C)N(CCCS(C)(=O)=O)C1=O. The topological polar surface area (TPSA) is 66.5 Å². The fourth-order valence-electron chi connectivity index (χ4n) is 2.77. The maximum atomic E-state index is 12.5. The standard InChI is InChI=1S/C15H30N2O3S/c1-5-6-8-13-15(18)17(9-7-10-21(4,19)20)14(16-13)11-12(2)3/h12-14,16H,5-11H2,1-4H3. The maximum absolute atomic E-state index is 12.5. The smallest absolute Gasteiger partial charge is 0.241 e. The second kappa shape index (κ2) is 8.13. The van der Waals surface area contributed by atoms with Crippen molar-refractivity contribution >= 4 is 15.7 Å². The van der Waals surface area contributed by atoms with Gasteiger partial charge < -0.3 is 4.90 Å². The van der Waals surface area contributed by atoms with Crippen LogP contribution in [-0.4, -0.2) is 50.0 Å². The number of sulfone groups is 1. The predicted octanol–water partition coefficient (Wildman–Crippen LogP) is 1.78. The average molecular weight is 318 g/mol. The third kappa shape index (κ3) is 6.34. The summed E-state index contributed by atoms with van der Waals surface area (Å²) in [6, 6.07) is -0.0908. The Kier molecular flexibility index (Phi) is 7.13. The van der Waals surface area contributed by atoms with Crippen LogP contribution in [0, 0.1) is 5.92 Å². The van der Waals surface area contributed by atoms with Crippen LogP contribution >= 0.6 is 0 Å². The molecule has 1 fully saturated rings. The molecule has 0 saturated carbocycles. The van der Waals surface area contributed by atoms with Crippen molar-refractivity contribution in [1.82, 2.24) is 10.2 Å². The number of amides is 1. The van der Waals surface area contributed by atoms with Gasteiger partial charge >= 0.3 is 0 Å². The van der Waals surface area contributed by atoms with Gasteiger partial charge in [0.25, 0.3) is 0 Å². The van der Waals surface area contributed by atoms with Gasteiger partial charge in [-0.25, -0.2) is 8.42 Å². The van der Waals surface area contributed by atoms with E-state index in [4.69, 9.17) is 0 Å². The summed E-state index contributed by atoms with van der Waals surface area (Å²) in [7, 11) is -2.96. The van der Waals surface area contributed by atoms with Crippen molar-refractivity contribution in [2.45, 2.75) is 65.1 Å². The molecule has 6 heteroatoms. The van der Waals surface area contributed by atoms with Gasteiger partial charge in [0.1, 0.15) is 9.84 Å². The molecule has 1 N–H and O–H groups in total. The summed E-state index contributed by atoms with van der Waals surface area (Å²) in [6.45, 7) is 6.92. The van der Waals surface area contributed by atoms with Gasteiger partial charge in [-0.05, 0) is 25.2 Å². The molecule has 0 spiro atoms. The van der Waals surface area contributed by atoms with E-state index in [9.17, 15) is 13.2 Å². The van der Waals surface area contributed by atoms with Crippen LogP contribution < -0.4 is 5.32 Å². The molecule has 5 nitrogen and oxygen atoms in total. The third-order valence-electron chi connectivity index (χ3n) is 3.81. The van der Waals surface area contributed by atoms with Gasteiger partial charge in [0.15, 0.2) is 0 Å². The molecule has 0 aliphatic carbocycles. The highest BCUT2D eigenvalue weighted by Gasteiger charge is 2.37. The molecule has 0 aromatic carbocycles.